The van der Waals surface area contributed by atoms with E-state index in [0.29, 0.717) is 63.1 Å². The fourth-order valence-corrected chi connectivity index (χ4v) is 5.51. The van der Waals surface area contributed by atoms with E-state index in [4.69, 9.17) is 11.6 Å². The average Bonchev–Trinajstić information content (AvgIpc) is 3.75. The molecule has 0 radical (unpaired) electrons. The minimum Gasteiger partial charge on any atom is -0.377 e. The van der Waals surface area contributed by atoms with Gasteiger partial charge in [-0.15, -0.1) is 5.10 Å². The summed E-state index contributed by atoms with van der Waals surface area (Å²) in [5, 5.41) is 36.2. The number of hydrogen-bond donors (Lipinski definition) is 2. The molecular formula is C32H27ClFN9. The molecule has 11 heteroatoms. The molecule has 3 aromatic heterocycles. The van der Waals surface area contributed by atoms with Crippen molar-refractivity contribution in [3.05, 3.63) is 106 Å². The summed E-state index contributed by atoms with van der Waals surface area (Å²) in [5.41, 5.74) is 4.99. The first-order valence-corrected chi connectivity index (χ1v) is 14.3. The van der Waals surface area contributed by atoms with Crippen molar-refractivity contribution < 1.29 is 4.39 Å². The Labute approximate surface area is 253 Å². The number of nitriles is 2. The molecule has 3 heterocycles. The van der Waals surface area contributed by atoms with Crippen LogP contribution in [0.2, 0.25) is 5.02 Å². The third kappa shape index (κ3) is 5.97. The maximum absolute atomic E-state index is 14.0. The highest BCUT2D eigenvalue weighted by molar-refractivity contribution is 6.35. The molecule has 0 aliphatic heterocycles. The van der Waals surface area contributed by atoms with Crippen molar-refractivity contribution in [2.45, 2.75) is 50.7 Å². The van der Waals surface area contributed by atoms with Crippen LogP contribution in [0.3, 0.4) is 0 Å². The van der Waals surface area contributed by atoms with Crippen molar-refractivity contribution >= 4 is 33.9 Å². The fraction of sp³-hybridized carbons (Fsp3) is 0.250. The van der Waals surface area contributed by atoms with Crippen molar-refractivity contribution in [2.24, 2.45) is 0 Å². The lowest BCUT2D eigenvalue weighted by Crippen LogP contribution is -2.16. The first-order chi connectivity index (χ1) is 20.9. The zero-order valence-electron chi connectivity index (χ0n) is 23.3. The van der Waals surface area contributed by atoms with Gasteiger partial charge in [-0.3, -0.25) is 4.98 Å². The normalized spacial score (nSPS) is 14.1. The van der Waals surface area contributed by atoms with Crippen molar-refractivity contribution in [1.82, 2.24) is 25.0 Å². The largest absolute Gasteiger partial charge is 0.377 e. The zero-order valence-corrected chi connectivity index (χ0v) is 24.1. The molecule has 5 aromatic rings. The van der Waals surface area contributed by atoms with Crippen LogP contribution in [0, 0.1) is 35.5 Å². The molecule has 0 bridgehead atoms. The molecule has 1 fully saturated rings. The quantitative estimate of drug-likeness (QED) is 0.163. The Morgan fingerprint density at radius 1 is 1.12 bits per heavy atom. The Morgan fingerprint density at radius 3 is 2.65 bits per heavy atom. The van der Waals surface area contributed by atoms with Crippen LogP contribution < -0.4 is 10.6 Å². The van der Waals surface area contributed by atoms with Crippen molar-refractivity contribution in [2.75, 3.05) is 10.6 Å². The molecule has 2 atom stereocenters. The number of aromatic nitrogens is 5. The summed E-state index contributed by atoms with van der Waals surface area (Å²) in [7, 11) is 0. The van der Waals surface area contributed by atoms with Gasteiger partial charge < -0.3 is 10.6 Å². The van der Waals surface area contributed by atoms with Crippen LogP contribution in [-0.2, 0) is 0 Å². The van der Waals surface area contributed by atoms with Gasteiger partial charge in [-0.05, 0) is 49.9 Å². The van der Waals surface area contributed by atoms with Crippen molar-refractivity contribution in [1.29, 1.82) is 10.5 Å². The fourth-order valence-electron chi connectivity index (χ4n) is 5.24. The van der Waals surface area contributed by atoms with E-state index in [9.17, 15) is 14.9 Å². The van der Waals surface area contributed by atoms with Gasteiger partial charge in [0.15, 0.2) is 0 Å². The molecule has 9 nitrogen and oxygen atoms in total. The van der Waals surface area contributed by atoms with E-state index in [0.717, 1.165) is 24.0 Å². The second-order valence-electron chi connectivity index (χ2n) is 10.6. The third-order valence-electron chi connectivity index (χ3n) is 7.57. The first kappa shape index (κ1) is 28.1. The minimum absolute atomic E-state index is 0.230. The van der Waals surface area contributed by atoms with E-state index in [-0.39, 0.29) is 6.04 Å². The standard InChI is InChI=1S/C32H27ClFN9/c1-19-24(11-12-29(34)38-19)32(28-18-43(42-41-28)23-9-10-23)39-22-14-25-30(21(16-36)17-37-31(25)26(33)15-22)40-27(8-5-13-35)20-6-3-2-4-7-20/h2-4,6-7,11-12,14-15,17-18,23,27,32,39H,5,8-10H2,1H3,(H,37,40). The van der Waals surface area contributed by atoms with Crippen LogP contribution in [0.25, 0.3) is 10.9 Å². The monoisotopic (exact) mass is 591 g/mol. The second-order valence-corrected chi connectivity index (χ2v) is 11.0. The number of pyridine rings is 2. The van der Waals surface area contributed by atoms with Crippen LogP contribution in [0.5, 0.6) is 0 Å². The molecule has 43 heavy (non-hydrogen) atoms. The maximum Gasteiger partial charge on any atom is 0.213 e. The summed E-state index contributed by atoms with van der Waals surface area (Å²) in [6.45, 7) is 1.75. The molecule has 1 aliphatic rings. The molecule has 1 aliphatic carbocycles. The molecule has 1 saturated carbocycles. The highest BCUT2D eigenvalue weighted by Gasteiger charge is 2.28. The highest BCUT2D eigenvalue weighted by atomic mass is 35.5. The van der Waals surface area contributed by atoms with E-state index >= 15 is 0 Å². The number of hydrogen-bond acceptors (Lipinski definition) is 8. The van der Waals surface area contributed by atoms with Gasteiger partial charge in [-0.25, -0.2) is 9.67 Å². The Hall–Kier alpha value is -5.06. The number of benzene rings is 2. The third-order valence-corrected chi connectivity index (χ3v) is 7.86. The summed E-state index contributed by atoms with van der Waals surface area (Å²) in [6, 6.07) is 20.5. The van der Waals surface area contributed by atoms with Crippen molar-refractivity contribution in [3.8, 4) is 12.1 Å². The molecule has 0 amide bonds. The number of fused-ring (bicyclic) bond motifs is 1. The number of nitrogens with one attached hydrogen (secondary N) is 2. The highest BCUT2D eigenvalue weighted by Crippen LogP contribution is 2.39. The van der Waals surface area contributed by atoms with Gasteiger partial charge >= 0.3 is 0 Å². The smallest absolute Gasteiger partial charge is 0.213 e. The second kappa shape index (κ2) is 12.0. The van der Waals surface area contributed by atoms with Gasteiger partial charge in [0.05, 0.1) is 52.2 Å². The van der Waals surface area contributed by atoms with E-state index < -0.39 is 12.0 Å². The molecule has 2 N–H and O–H groups in total. The van der Waals surface area contributed by atoms with Gasteiger partial charge in [0, 0.05) is 34.9 Å². The summed E-state index contributed by atoms with van der Waals surface area (Å²) in [6.07, 6.45) is 6.39. The summed E-state index contributed by atoms with van der Waals surface area (Å²) in [4.78, 5) is 8.53. The predicted molar refractivity (Wildman–Crippen MR) is 162 cm³/mol. The molecule has 6 rings (SSSR count). The van der Waals surface area contributed by atoms with E-state index in [1.165, 1.54) is 12.3 Å². The molecule has 0 saturated heterocycles. The van der Waals surface area contributed by atoms with Gasteiger partial charge in [0.25, 0.3) is 0 Å². The molecule has 2 unspecified atom stereocenters. The summed E-state index contributed by atoms with van der Waals surface area (Å²) >= 11 is 6.80. The molecule has 0 spiro atoms. The summed E-state index contributed by atoms with van der Waals surface area (Å²) in [5.74, 6) is -0.564. The predicted octanol–water partition coefficient (Wildman–Crippen LogP) is 7.19. The molecule has 2 aromatic carbocycles. The summed E-state index contributed by atoms with van der Waals surface area (Å²) < 4.78 is 15.8. The zero-order chi connectivity index (χ0) is 29.9. The average molecular weight is 592 g/mol. The maximum atomic E-state index is 14.0. The van der Waals surface area contributed by atoms with Gasteiger partial charge in [0.2, 0.25) is 5.95 Å². The van der Waals surface area contributed by atoms with Gasteiger partial charge in [0.1, 0.15) is 11.8 Å². The van der Waals surface area contributed by atoms with Crippen LogP contribution >= 0.6 is 11.6 Å². The minimum atomic E-state index is -0.564. The van der Waals surface area contributed by atoms with Gasteiger partial charge in [-0.1, -0.05) is 53.2 Å². The van der Waals surface area contributed by atoms with E-state index in [1.54, 1.807) is 19.1 Å². The van der Waals surface area contributed by atoms with E-state index in [1.807, 2.05) is 47.3 Å². The Morgan fingerprint density at radius 2 is 1.93 bits per heavy atom. The molecule has 214 valence electrons. The van der Waals surface area contributed by atoms with Crippen molar-refractivity contribution in [3.63, 3.8) is 0 Å². The van der Waals surface area contributed by atoms with Crippen LogP contribution in [-0.4, -0.2) is 25.0 Å². The lowest BCUT2D eigenvalue weighted by atomic mass is 10.00. The number of rotatable bonds is 10. The Kier molecular flexibility index (Phi) is 7.86. The number of nitrogens with zero attached hydrogens (tertiary/aromatic N) is 7. The van der Waals surface area contributed by atoms with Crippen LogP contribution in [0.1, 0.15) is 71.9 Å². The lowest BCUT2D eigenvalue weighted by molar-refractivity contribution is 0.577. The lowest BCUT2D eigenvalue weighted by Gasteiger charge is -2.23. The number of aryl methyl sites for hydroxylation is 1. The number of halogens is 2. The SMILES string of the molecule is Cc1nc(F)ccc1C(Nc1cc(Cl)c2ncc(C#N)c(NC(CCC#N)c3ccccc3)c2c1)c1cn(C2CC2)nn1. The van der Waals surface area contributed by atoms with Gasteiger partial charge in [-0.2, -0.15) is 14.9 Å². The van der Waals surface area contributed by atoms with E-state index in [2.05, 4.69) is 43.1 Å². The topological polar surface area (TPSA) is 128 Å². The Bertz CT molecular complexity index is 1870. The Balaban J connectivity index is 1.44. The molecular weight excluding hydrogens is 565 g/mol. The number of anilines is 2. The first-order valence-electron chi connectivity index (χ1n) is 14.0. The van der Waals surface area contributed by atoms with Crippen LogP contribution in [0.4, 0.5) is 15.8 Å². The van der Waals surface area contributed by atoms with Crippen LogP contribution in [0.15, 0.2) is 67.0 Å².